The summed E-state index contributed by atoms with van der Waals surface area (Å²) in [5, 5.41) is 0. The van der Waals surface area contributed by atoms with E-state index in [0.717, 1.165) is 6.26 Å². The van der Waals surface area contributed by atoms with Crippen LogP contribution >= 0.6 is 10.7 Å². The Hall–Kier alpha value is -0.990. The van der Waals surface area contributed by atoms with Gasteiger partial charge in [-0.15, -0.1) is 0 Å². The largest absolute Gasteiger partial charge is 0.454 e. The quantitative estimate of drug-likeness (QED) is 0.770. The van der Waals surface area contributed by atoms with Crippen LogP contribution in [0.15, 0.2) is 17.0 Å². The average Bonchev–Trinajstić information content (AvgIpc) is 2.59. The maximum absolute atomic E-state index is 11.7. The summed E-state index contributed by atoms with van der Waals surface area (Å²) >= 11 is 0. The van der Waals surface area contributed by atoms with Crippen LogP contribution in [0.25, 0.3) is 0 Å². The van der Waals surface area contributed by atoms with Gasteiger partial charge in [0.25, 0.3) is 0 Å². The fourth-order valence-corrected chi connectivity index (χ4v) is 3.86. The van der Waals surface area contributed by atoms with E-state index < -0.39 is 24.6 Å². The fraction of sp³-hybridized carbons (Fsp3) is 0.333. The number of ether oxygens (including phenoxy) is 2. The third kappa shape index (κ3) is 2.70. The highest BCUT2D eigenvalue weighted by Crippen LogP contribution is 2.40. The SMILES string of the molecule is CS(=O)(=O)c1c(CS(=O)(=O)Cl)ccc2c1OCO2. The zero-order valence-electron chi connectivity index (χ0n) is 9.21. The molecule has 0 saturated carbocycles. The van der Waals surface area contributed by atoms with Crippen LogP contribution in [-0.4, -0.2) is 29.9 Å². The average molecular weight is 313 g/mol. The second-order valence-electron chi connectivity index (χ2n) is 3.74. The van der Waals surface area contributed by atoms with E-state index in [0.29, 0.717) is 0 Å². The van der Waals surface area contributed by atoms with Gasteiger partial charge in [0, 0.05) is 16.9 Å². The number of hydrogen-bond acceptors (Lipinski definition) is 6. The van der Waals surface area contributed by atoms with Crippen molar-refractivity contribution in [1.29, 1.82) is 0 Å². The molecule has 0 unspecified atom stereocenters. The molecule has 1 aromatic rings. The molecule has 0 fully saturated rings. The molecule has 6 nitrogen and oxygen atoms in total. The van der Waals surface area contributed by atoms with Crippen molar-refractivity contribution in [2.45, 2.75) is 10.6 Å². The number of sulfone groups is 1. The van der Waals surface area contributed by atoms with Crippen molar-refractivity contribution in [1.82, 2.24) is 0 Å². The molecule has 100 valence electrons. The van der Waals surface area contributed by atoms with E-state index in [1.807, 2.05) is 0 Å². The van der Waals surface area contributed by atoms with E-state index in [1.54, 1.807) is 0 Å². The molecule has 0 spiro atoms. The highest BCUT2D eigenvalue weighted by molar-refractivity contribution is 8.13. The monoisotopic (exact) mass is 312 g/mol. The first-order valence-electron chi connectivity index (χ1n) is 4.72. The lowest BCUT2D eigenvalue weighted by atomic mass is 10.2. The Labute approximate surface area is 109 Å². The van der Waals surface area contributed by atoms with Crippen LogP contribution in [0.5, 0.6) is 11.5 Å². The van der Waals surface area contributed by atoms with E-state index in [2.05, 4.69) is 0 Å². The predicted molar refractivity (Wildman–Crippen MR) is 64.2 cm³/mol. The smallest absolute Gasteiger partial charge is 0.236 e. The van der Waals surface area contributed by atoms with E-state index >= 15 is 0 Å². The second kappa shape index (κ2) is 4.29. The Morgan fingerprint density at radius 3 is 2.44 bits per heavy atom. The predicted octanol–water partition coefficient (Wildman–Crippen LogP) is 0.887. The lowest BCUT2D eigenvalue weighted by Crippen LogP contribution is -2.07. The number of rotatable bonds is 3. The molecule has 0 N–H and O–H groups in total. The molecule has 1 heterocycles. The summed E-state index contributed by atoms with van der Waals surface area (Å²) in [6.45, 7) is -0.102. The summed E-state index contributed by atoms with van der Waals surface area (Å²) in [6, 6.07) is 2.80. The molecule has 18 heavy (non-hydrogen) atoms. The van der Waals surface area contributed by atoms with Gasteiger partial charge in [-0.25, -0.2) is 16.8 Å². The number of halogens is 1. The molecule has 0 aromatic heterocycles. The summed E-state index contributed by atoms with van der Waals surface area (Å²) in [4.78, 5) is -0.193. The van der Waals surface area contributed by atoms with Gasteiger partial charge in [-0.1, -0.05) is 6.07 Å². The molecule has 0 amide bonds. The third-order valence-electron chi connectivity index (χ3n) is 2.27. The molecular weight excluding hydrogens is 304 g/mol. The third-order valence-corrected chi connectivity index (χ3v) is 4.45. The van der Waals surface area contributed by atoms with Gasteiger partial charge in [0.1, 0.15) is 4.90 Å². The molecule has 9 heteroatoms. The minimum atomic E-state index is -3.87. The van der Waals surface area contributed by atoms with Crippen LogP contribution in [-0.2, 0) is 24.6 Å². The van der Waals surface area contributed by atoms with E-state index in [-0.39, 0.29) is 28.8 Å². The standard InChI is InChI=1S/C9H9ClO6S2/c1-17(11,12)9-6(4-18(10,13)14)2-3-7-8(9)16-5-15-7/h2-3H,4-5H2,1H3. The summed E-state index contributed by atoms with van der Waals surface area (Å²) < 4.78 is 55.7. The minimum absolute atomic E-state index is 0.0373. The molecule has 0 bridgehead atoms. The van der Waals surface area contributed by atoms with Crippen LogP contribution < -0.4 is 9.47 Å². The molecule has 0 atom stereocenters. The highest BCUT2D eigenvalue weighted by Gasteiger charge is 2.28. The molecule has 1 aliphatic heterocycles. The van der Waals surface area contributed by atoms with E-state index in [1.165, 1.54) is 12.1 Å². The number of benzene rings is 1. The van der Waals surface area contributed by atoms with Crippen molar-refractivity contribution in [3.63, 3.8) is 0 Å². The number of fused-ring (bicyclic) bond motifs is 1. The summed E-state index contributed by atoms with van der Waals surface area (Å²) in [7, 11) is -2.38. The van der Waals surface area contributed by atoms with Gasteiger partial charge in [-0.2, -0.15) is 0 Å². The first kappa shape index (κ1) is 13.4. The van der Waals surface area contributed by atoms with Crippen LogP contribution in [0, 0.1) is 0 Å². The number of hydrogen-bond donors (Lipinski definition) is 0. The highest BCUT2D eigenvalue weighted by atomic mass is 35.7. The van der Waals surface area contributed by atoms with Gasteiger partial charge < -0.3 is 9.47 Å². The molecular formula is C9H9ClO6S2. The van der Waals surface area contributed by atoms with Crippen molar-refractivity contribution in [2.24, 2.45) is 0 Å². The first-order chi connectivity index (χ1) is 8.18. The van der Waals surface area contributed by atoms with Gasteiger partial charge >= 0.3 is 0 Å². The van der Waals surface area contributed by atoms with E-state index in [9.17, 15) is 16.8 Å². The van der Waals surface area contributed by atoms with Gasteiger partial charge in [-0.3, -0.25) is 0 Å². The Balaban J connectivity index is 2.68. The Morgan fingerprint density at radius 1 is 1.22 bits per heavy atom. The van der Waals surface area contributed by atoms with Gasteiger partial charge in [-0.05, 0) is 11.6 Å². The van der Waals surface area contributed by atoms with Gasteiger partial charge in [0.15, 0.2) is 21.3 Å². The van der Waals surface area contributed by atoms with Crippen molar-refractivity contribution in [3.05, 3.63) is 17.7 Å². The Kier molecular flexibility index (Phi) is 3.20. The molecule has 2 rings (SSSR count). The molecule has 1 aromatic carbocycles. The van der Waals surface area contributed by atoms with Crippen molar-refractivity contribution in [2.75, 3.05) is 13.0 Å². The van der Waals surface area contributed by atoms with E-state index in [4.69, 9.17) is 20.2 Å². The summed E-state index contributed by atoms with van der Waals surface area (Å²) in [5.41, 5.74) is 0.0664. The molecule has 0 aliphatic carbocycles. The maximum Gasteiger partial charge on any atom is 0.236 e. The first-order valence-corrected chi connectivity index (χ1v) is 9.09. The van der Waals surface area contributed by atoms with Crippen molar-refractivity contribution >= 4 is 29.6 Å². The van der Waals surface area contributed by atoms with Crippen LogP contribution in [0.1, 0.15) is 5.56 Å². The van der Waals surface area contributed by atoms with Crippen molar-refractivity contribution in [3.8, 4) is 11.5 Å². The topological polar surface area (TPSA) is 86.7 Å². The minimum Gasteiger partial charge on any atom is -0.454 e. The lowest BCUT2D eigenvalue weighted by Gasteiger charge is -2.09. The molecule has 0 radical (unpaired) electrons. The fourth-order valence-electron chi connectivity index (χ4n) is 1.69. The summed E-state index contributed by atoms with van der Waals surface area (Å²) in [6.07, 6.45) is 0.967. The second-order valence-corrected chi connectivity index (χ2v) is 8.47. The molecule has 1 aliphatic rings. The van der Waals surface area contributed by atoms with Crippen LogP contribution in [0.4, 0.5) is 0 Å². The lowest BCUT2D eigenvalue weighted by molar-refractivity contribution is 0.172. The van der Waals surface area contributed by atoms with Crippen molar-refractivity contribution < 1.29 is 26.3 Å². The zero-order valence-corrected chi connectivity index (χ0v) is 11.6. The van der Waals surface area contributed by atoms with Crippen LogP contribution in [0.3, 0.4) is 0 Å². The van der Waals surface area contributed by atoms with Crippen LogP contribution in [0.2, 0.25) is 0 Å². The summed E-state index contributed by atoms with van der Waals surface area (Å²) in [5.74, 6) is -0.283. The zero-order chi connectivity index (χ0) is 13.6. The normalized spacial score (nSPS) is 14.8. The Bertz CT molecular complexity index is 692. The van der Waals surface area contributed by atoms with Gasteiger partial charge in [0.2, 0.25) is 15.8 Å². The molecule has 0 saturated heterocycles. The van der Waals surface area contributed by atoms with Gasteiger partial charge in [0.05, 0.1) is 5.75 Å². The maximum atomic E-state index is 11.7. The Morgan fingerprint density at radius 2 is 1.89 bits per heavy atom.